The second-order valence-corrected chi connectivity index (χ2v) is 13.6. The number of aliphatic hydroxyl groups is 1. The number of nitrogens with zero attached hydrogens (tertiary/aromatic N) is 3. The summed E-state index contributed by atoms with van der Waals surface area (Å²) in [5, 5.41) is 14.9. The molecule has 1 atom stereocenters. The molecule has 47 heavy (non-hydrogen) atoms. The molecule has 9 nitrogen and oxygen atoms in total. The van der Waals surface area contributed by atoms with Gasteiger partial charge in [0.1, 0.15) is 11.6 Å². The molecular weight excluding hydrogens is 657 g/mol. The molecule has 0 aliphatic carbocycles. The highest BCUT2D eigenvalue weighted by Gasteiger charge is 2.29. The van der Waals surface area contributed by atoms with Crippen molar-refractivity contribution in [2.24, 2.45) is 0 Å². The minimum absolute atomic E-state index is 0.330. The Bertz CT molecular complexity index is 2210. The molecule has 3 N–H and O–H groups in total. The molecule has 0 radical (unpaired) electrons. The van der Waals surface area contributed by atoms with Crippen molar-refractivity contribution >= 4 is 39.1 Å². The van der Waals surface area contributed by atoms with Crippen LogP contribution in [-0.2, 0) is 16.6 Å². The lowest BCUT2D eigenvalue weighted by molar-refractivity contribution is 0.391. The van der Waals surface area contributed by atoms with E-state index < -0.39 is 16.1 Å². The van der Waals surface area contributed by atoms with E-state index in [9.17, 15) is 13.5 Å². The van der Waals surface area contributed by atoms with E-state index in [0.717, 1.165) is 61.0 Å². The Morgan fingerprint density at radius 2 is 1.55 bits per heavy atom. The number of imidazole rings is 1. The van der Waals surface area contributed by atoms with Gasteiger partial charge in [-0.05, 0) is 65.1 Å². The molecule has 1 unspecified atom stereocenters. The van der Waals surface area contributed by atoms with E-state index in [2.05, 4.69) is 63.4 Å². The van der Waals surface area contributed by atoms with Gasteiger partial charge in [0.15, 0.2) is 0 Å². The Morgan fingerprint density at radius 1 is 0.894 bits per heavy atom. The normalized spacial score (nSPS) is 14.5. The predicted octanol–water partition coefficient (Wildman–Crippen LogP) is 8.13. The van der Waals surface area contributed by atoms with E-state index >= 15 is 0 Å². The summed E-state index contributed by atoms with van der Waals surface area (Å²) in [5.74, 6) is 0.686. The summed E-state index contributed by atoms with van der Waals surface area (Å²) in [7, 11) is -3.92. The van der Waals surface area contributed by atoms with E-state index in [4.69, 9.17) is 32.7 Å². The highest BCUT2D eigenvalue weighted by Crippen LogP contribution is 2.36. The van der Waals surface area contributed by atoms with E-state index in [1.54, 1.807) is 30.5 Å². The first-order chi connectivity index (χ1) is 22.6. The van der Waals surface area contributed by atoms with Gasteiger partial charge in [-0.1, -0.05) is 89.0 Å². The number of rotatable bonds is 8. The first-order valence-corrected chi connectivity index (χ1v) is 16.8. The molecule has 0 saturated heterocycles. The van der Waals surface area contributed by atoms with Gasteiger partial charge in [0.25, 0.3) is 0 Å². The molecule has 0 bridgehead atoms. The first kappa shape index (κ1) is 30.6. The third-order valence-corrected chi connectivity index (χ3v) is 9.75. The average molecular weight is 685 g/mol. The lowest BCUT2D eigenvalue weighted by atomic mass is 9.89. The number of hydrogen-bond donors (Lipinski definition) is 3. The predicted molar refractivity (Wildman–Crippen MR) is 183 cm³/mol. The third-order valence-electron chi connectivity index (χ3n) is 7.90. The van der Waals surface area contributed by atoms with Gasteiger partial charge in [0, 0.05) is 23.1 Å². The van der Waals surface area contributed by atoms with Crippen molar-refractivity contribution in [2.75, 3.05) is 4.31 Å². The number of anilines is 1. The number of aryl methyl sites for hydroxylation is 1. The minimum Gasteiger partial charge on any atom is -0.493 e. The molecule has 0 amide bonds. The molecule has 0 spiro atoms. The second-order valence-electron chi connectivity index (χ2n) is 11.2. The smallest absolute Gasteiger partial charge is 0.330 e. The molecule has 2 aromatic heterocycles. The number of benzene rings is 4. The van der Waals surface area contributed by atoms with E-state index in [1.165, 1.54) is 0 Å². The van der Waals surface area contributed by atoms with Gasteiger partial charge < -0.3 is 14.6 Å². The standard InChI is InChI=1S/C35H27Cl2N5O4S/c1-21-16-28(40-46-21)17-22-2-4-23(5-3-22)24-6-8-25(9-7-24)34(35-38-19-32(39-35)30-15-12-27(36)18-31(30)37)26-10-13-29(14-11-26)42-20-33(43)41-47(42,44)45/h2-16,18-20,34,41,43H,17H2,1H3,(H,38,39). The maximum atomic E-state index is 12.4. The second kappa shape index (κ2) is 12.3. The van der Waals surface area contributed by atoms with E-state index in [-0.39, 0.29) is 5.92 Å². The van der Waals surface area contributed by atoms with Gasteiger partial charge in [-0.2, -0.15) is 8.42 Å². The van der Waals surface area contributed by atoms with Crippen molar-refractivity contribution in [3.05, 3.63) is 159 Å². The van der Waals surface area contributed by atoms with Crippen LogP contribution in [0.5, 0.6) is 0 Å². The number of aliphatic hydroxyl groups excluding tert-OH is 1. The zero-order valence-electron chi connectivity index (χ0n) is 24.9. The number of H-pyrrole nitrogens is 1. The Labute approximate surface area is 281 Å². The molecule has 0 fully saturated rings. The van der Waals surface area contributed by atoms with Crippen molar-refractivity contribution in [1.82, 2.24) is 19.8 Å². The van der Waals surface area contributed by atoms with Crippen LogP contribution in [0.15, 0.2) is 120 Å². The molecular formula is C35H27Cl2N5O4S. The Kier molecular flexibility index (Phi) is 8.01. The van der Waals surface area contributed by atoms with Crippen LogP contribution >= 0.6 is 23.2 Å². The molecule has 1 aliphatic rings. The van der Waals surface area contributed by atoms with Gasteiger partial charge in [-0.25, -0.2) is 14.0 Å². The van der Waals surface area contributed by atoms with Gasteiger partial charge in [0.05, 0.1) is 40.4 Å². The number of halogens is 2. The average Bonchev–Trinajstić information content (AvgIpc) is 3.76. The molecule has 236 valence electrons. The quantitative estimate of drug-likeness (QED) is 0.149. The van der Waals surface area contributed by atoms with E-state index in [1.807, 2.05) is 31.2 Å². The zero-order valence-corrected chi connectivity index (χ0v) is 27.2. The van der Waals surface area contributed by atoms with Crippen LogP contribution in [0.25, 0.3) is 22.4 Å². The Morgan fingerprint density at radius 3 is 2.15 bits per heavy atom. The highest BCUT2D eigenvalue weighted by molar-refractivity contribution is 7.91. The van der Waals surface area contributed by atoms with Gasteiger partial charge in [-0.3, -0.25) is 0 Å². The number of aromatic amines is 1. The van der Waals surface area contributed by atoms with Gasteiger partial charge in [-0.15, -0.1) is 0 Å². The summed E-state index contributed by atoms with van der Waals surface area (Å²) in [5.41, 5.74) is 7.87. The lowest BCUT2D eigenvalue weighted by Gasteiger charge is -2.19. The lowest BCUT2D eigenvalue weighted by Crippen LogP contribution is -2.29. The largest absolute Gasteiger partial charge is 0.493 e. The number of nitrogens with one attached hydrogen (secondary N) is 2. The number of aromatic nitrogens is 3. The molecule has 7 rings (SSSR count). The summed E-state index contributed by atoms with van der Waals surface area (Å²) in [4.78, 5) is 8.19. The summed E-state index contributed by atoms with van der Waals surface area (Å²) in [6, 6.07) is 30.9. The van der Waals surface area contributed by atoms with Crippen molar-refractivity contribution in [1.29, 1.82) is 0 Å². The van der Waals surface area contributed by atoms with Crippen LogP contribution in [0.2, 0.25) is 10.0 Å². The third kappa shape index (κ3) is 6.35. The molecule has 12 heteroatoms. The van der Waals surface area contributed by atoms with Crippen molar-refractivity contribution in [3.63, 3.8) is 0 Å². The minimum atomic E-state index is -3.92. The monoisotopic (exact) mass is 683 g/mol. The van der Waals surface area contributed by atoms with Crippen LogP contribution in [0.1, 0.15) is 39.9 Å². The van der Waals surface area contributed by atoms with Crippen molar-refractivity contribution < 1.29 is 18.0 Å². The van der Waals surface area contributed by atoms with Crippen LogP contribution in [0, 0.1) is 6.92 Å². The van der Waals surface area contributed by atoms with Crippen LogP contribution in [0.3, 0.4) is 0 Å². The fourth-order valence-electron chi connectivity index (χ4n) is 5.64. The zero-order chi connectivity index (χ0) is 32.7. The summed E-state index contributed by atoms with van der Waals surface area (Å²) in [6.45, 7) is 1.88. The maximum absolute atomic E-state index is 12.4. The fourth-order valence-corrected chi connectivity index (χ4v) is 7.21. The summed E-state index contributed by atoms with van der Waals surface area (Å²) >= 11 is 12.6. The number of hydrogen-bond acceptors (Lipinski definition) is 6. The molecule has 6 aromatic rings. The fraction of sp³-hybridized carbons (Fsp3) is 0.0857. The summed E-state index contributed by atoms with van der Waals surface area (Å²) < 4.78 is 33.1. The SMILES string of the molecule is Cc1cc(Cc2ccc(-c3ccc(C(c4ccc(N5C=C(O)NS5(=O)=O)cc4)c4ncc(-c5ccc(Cl)cc5Cl)[nH]4)cc3)cc2)no1. The first-order valence-electron chi connectivity index (χ1n) is 14.6. The molecule has 4 aromatic carbocycles. The Balaban J connectivity index is 1.21. The van der Waals surface area contributed by atoms with Gasteiger partial charge >= 0.3 is 10.2 Å². The van der Waals surface area contributed by atoms with Crippen LogP contribution < -0.4 is 9.03 Å². The van der Waals surface area contributed by atoms with Crippen LogP contribution in [0.4, 0.5) is 5.69 Å². The summed E-state index contributed by atoms with van der Waals surface area (Å²) in [6.07, 6.45) is 3.55. The van der Waals surface area contributed by atoms with Crippen LogP contribution in [-0.4, -0.2) is 28.6 Å². The maximum Gasteiger partial charge on any atom is 0.330 e. The van der Waals surface area contributed by atoms with Crippen molar-refractivity contribution in [3.8, 4) is 22.4 Å². The molecule has 0 saturated carbocycles. The topological polar surface area (TPSA) is 124 Å². The van der Waals surface area contributed by atoms with Crippen molar-refractivity contribution in [2.45, 2.75) is 19.3 Å². The Hall–Kier alpha value is -5.03. The highest BCUT2D eigenvalue weighted by atomic mass is 35.5. The van der Waals surface area contributed by atoms with Gasteiger partial charge in [0.2, 0.25) is 5.88 Å². The molecule has 3 heterocycles. The van der Waals surface area contributed by atoms with E-state index in [0.29, 0.717) is 28.0 Å². The molecule has 1 aliphatic heterocycles.